The lowest BCUT2D eigenvalue weighted by molar-refractivity contribution is -0.153. The molecule has 0 aromatic rings. The standard InChI is InChI=1S/C10H19NO2S/c1-10(2)6-3-8(10)7(5-14(11)13)9(12)4-6/h6-9,12H,3-5,11H2,1-2H3/t6-,7+,8+,9+,14?/m1/s1. The molecule has 3 nitrogen and oxygen atoms in total. The normalized spacial score (nSPS) is 46.9. The second-order valence-electron chi connectivity index (χ2n) is 5.37. The Bertz CT molecular complexity index is 267. The van der Waals surface area contributed by atoms with E-state index < -0.39 is 11.0 Å². The summed E-state index contributed by atoms with van der Waals surface area (Å²) in [5.74, 6) is 1.79. The van der Waals surface area contributed by atoms with Crippen LogP contribution in [0.2, 0.25) is 0 Å². The molecule has 2 bridgehead atoms. The Hall–Kier alpha value is 0.0700. The van der Waals surface area contributed by atoms with Crippen molar-refractivity contribution in [2.24, 2.45) is 28.3 Å². The van der Waals surface area contributed by atoms with Gasteiger partial charge in [-0.05, 0) is 30.1 Å². The maximum Gasteiger partial charge on any atom is 0.0891 e. The van der Waals surface area contributed by atoms with Gasteiger partial charge in [0.05, 0.1) is 17.1 Å². The molecule has 0 aromatic heterocycles. The highest BCUT2D eigenvalue weighted by molar-refractivity contribution is 7.82. The number of hydrogen-bond donors (Lipinski definition) is 2. The third-order valence-electron chi connectivity index (χ3n) is 4.44. The minimum absolute atomic E-state index is 0.154. The molecule has 0 saturated heterocycles. The Balaban J connectivity index is 2.11. The van der Waals surface area contributed by atoms with Crippen molar-refractivity contribution in [3.8, 4) is 0 Å². The lowest BCUT2D eigenvalue weighted by Gasteiger charge is -2.61. The van der Waals surface area contributed by atoms with E-state index in [0.29, 0.717) is 23.0 Å². The van der Waals surface area contributed by atoms with E-state index in [1.165, 1.54) is 6.42 Å². The SMILES string of the molecule is CC1(C)[C@H]2C[C@H](O)[C@@H](CS(N)=O)[C@@H]1C2. The topological polar surface area (TPSA) is 63.3 Å². The van der Waals surface area contributed by atoms with Crippen molar-refractivity contribution >= 4 is 11.0 Å². The van der Waals surface area contributed by atoms with Crippen molar-refractivity contribution in [1.82, 2.24) is 0 Å². The van der Waals surface area contributed by atoms with Crippen molar-refractivity contribution in [2.75, 3.05) is 5.75 Å². The van der Waals surface area contributed by atoms with E-state index >= 15 is 0 Å². The Labute approximate surface area is 87.7 Å². The van der Waals surface area contributed by atoms with Crippen LogP contribution in [0.4, 0.5) is 0 Å². The number of rotatable bonds is 2. The molecule has 0 amide bonds. The summed E-state index contributed by atoms with van der Waals surface area (Å²) in [6, 6.07) is 0. The largest absolute Gasteiger partial charge is 0.393 e. The molecule has 0 radical (unpaired) electrons. The highest BCUT2D eigenvalue weighted by Crippen LogP contribution is 2.61. The number of fused-ring (bicyclic) bond motifs is 2. The zero-order chi connectivity index (χ0) is 10.5. The van der Waals surface area contributed by atoms with Crippen LogP contribution in [-0.2, 0) is 11.0 Å². The second-order valence-corrected chi connectivity index (χ2v) is 6.47. The summed E-state index contributed by atoms with van der Waals surface area (Å²) in [5, 5.41) is 15.2. The highest BCUT2D eigenvalue weighted by Gasteiger charge is 2.57. The Morgan fingerprint density at radius 1 is 1.50 bits per heavy atom. The first-order valence-electron chi connectivity index (χ1n) is 5.23. The summed E-state index contributed by atoms with van der Waals surface area (Å²) >= 11 is 0. The van der Waals surface area contributed by atoms with Gasteiger partial charge in [-0.1, -0.05) is 13.8 Å². The first-order valence-corrected chi connectivity index (χ1v) is 6.62. The van der Waals surface area contributed by atoms with Crippen molar-refractivity contribution < 1.29 is 9.32 Å². The summed E-state index contributed by atoms with van der Waals surface area (Å²) in [6.07, 6.45) is 1.77. The minimum Gasteiger partial charge on any atom is -0.393 e. The third kappa shape index (κ3) is 1.44. The fraction of sp³-hybridized carbons (Fsp3) is 1.00. The molecule has 0 aliphatic heterocycles. The number of hydrogen-bond acceptors (Lipinski definition) is 2. The predicted octanol–water partition coefficient (Wildman–Crippen LogP) is 0.652. The van der Waals surface area contributed by atoms with Crippen LogP contribution < -0.4 is 5.14 Å². The quantitative estimate of drug-likeness (QED) is 0.713. The molecule has 82 valence electrons. The fourth-order valence-corrected chi connectivity index (χ4v) is 4.17. The van der Waals surface area contributed by atoms with Crippen LogP contribution in [-0.4, -0.2) is 21.2 Å². The summed E-state index contributed by atoms with van der Waals surface area (Å²) in [5.41, 5.74) is 0.323. The summed E-state index contributed by atoms with van der Waals surface area (Å²) < 4.78 is 11.0. The Morgan fingerprint density at radius 2 is 2.14 bits per heavy atom. The molecule has 4 heteroatoms. The van der Waals surface area contributed by atoms with E-state index in [-0.39, 0.29) is 12.0 Å². The molecular weight excluding hydrogens is 198 g/mol. The summed E-state index contributed by atoms with van der Waals surface area (Å²) in [7, 11) is -1.27. The molecule has 5 atom stereocenters. The van der Waals surface area contributed by atoms with Crippen LogP contribution in [0.25, 0.3) is 0 Å². The van der Waals surface area contributed by atoms with Gasteiger partial charge in [0.2, 0.25) is 0 Å². The van der Waals surface area contributed by atoms with Crippen LogP contribution in [0, 0.1) is 23.2 Å². The minimum atomic E-state index is -1.27. The van der Waals surface area contributed by atoms with E-state index in [1.807, 2.05) is 0 Å². The van der Waals surface area contributed by atoms with Gasteiger partial charge in [-0.25, -0.2) is 4.21 Å². The van der Waals surface area contributed by atoms with Crippen LogP contribution in [0.3, 0.4) is 0 Å². The maximum absolute atomic E-state index is 11.0. The van der Waals surface area contributed by atoms with Crippen LogP contribution in [0.1, 0.15) is 26.7 Å². The molecule has 1 unspecified atom stereocenters. The van der Waals surface area contributed by atoms with Gasteiger partial charge in [0.15, 0.2) is 0 Å². The Kier molecular flexibility index (Phi) is 2.48. The van der Waals surface area contributed by atoms with Gasteiger partial charge in [-0.15, -0.1) is 0 Å². The van der Waals surface area contributed by atoms with Gasteiger partial charge in [-0.2, -0.15) is 0 Å². The molecule has 3 rings (SSSR count). The third-order valence-corrected chi connectivity index (χ3v) is 5.15. The summed E-state index contributed by atoms with van der Waals surface area (Å²) in [6.45, 7) is 4.51. The molecular formula is C10H19NO2S. The molecule has 0 aromatic carbocycles. The molecule has 3 aliphatic rings. The zero-order valence-electron chi connectivity index (χ0n) is 8.77. The number of aliphatic hydroxyl groups excluding tert-OH is 1. The maximum atomic E-state index is 11.0. The molecule has 0 spiro atoms. The van der Waals surface area contributed by atoms with Crippen molar-refractivity contribution in [1.29, 1.82) is 0 Å². The molecule has 14 heavy (non-hydrogen) atoms. The van der Waals surface area contributed by atoms with Gasteiger partial charge < -0.3 is 5.11 Å². The van der Waals surface area contributed by atoms with Crippen molar-refractivity contribution in [2.45, 2.75) is 32.8 Å². The van der Waals surface area contributed by atoms with E-state index in [2.05, 4.69) is 13.8 Å². The first-order chi connectivity index (χ1) is 6.43. The first kappa shape index (κ1) is 10.6. The van der Waals surface area contributed by atoms with Crippen molar-refractivity contribution in [3.63, 3.8) is 0 Å². The number of nitrogens with two attached hydrogens (primary N) is 1. The zero-order valence-corrected chi connectivity index (χ0v) is 9.59. The molecule has 3 aliphatic carbocycles. The van der Waals surface area contributed by atoms with E-state index in [9.17, 15) is 9.32 Å². The molecule has 3 saturated carbocycles. The molecule has 0 heterocycles. The average Bonchev–Trinajstić information content (AvgIpc) is 2.06. The lowest BCUT2D eigenvalue weighted by atomic mass is 9.45. The van der Waals surface area contributed by atoms with Gasteiger partial charge >= 0.3 is 0 Å². The second kappa shape index (κ2) is 3.29. The predicted molar refractivity (Wildman–Crippen MR) is 56.7 cm³/mol. The van der Waals surface area contributed by atoms with Gasteiger partial charge in [-0.3, -0.25) is 5.14 Å². The smallest absolute Gasteiger partial charge is 0.0891 e. The van der Waals surface area contributed by atoms with Crippen molar-refractivity contribution in [3.05, 3.63) is 0 Å². The molecule has 3 fully saturated rings. The van der Waals surface area contributed by atoms with Gasteiger partial charge in [0.25, 0.3) is 0 Å². The number of aliphatic hydroxyl groups is 1. The van der Waals surface area contributed by atoms with E-state index in [4.69, 9.17) is 5.14 Å². The average molecular weight is 217 g/mol. The molecule has 3 N–H and O–H groups in total. The van der Waals surface area contributed by atoms with Gasteiger partial charge in [0.1, 0.15) is 0 Å². The van der Waals surface area contributed by atoms with Gasteiger partial charge in [0, 0.05) is 11.7 Å². The lowest BCUT2D eigenvalue weighted by Crippen LogP contribution is -2.58. The monoisotopic (exact) mass is 217 g/mol. The summed E-state index contributed by atoms with van der Waals surface area (Å²) in [4.78, 5) is 0. The van der Waals surface area contributed by atoms with Crippen LogP contribution in [0.15, 0.2) is 0 Å². The van der Waals surface area contributed by atoms with E-state index in [1.54, 1.807) is 0 Å². The fourth-order valence-electron chi connectivity index (χ4n) is 3.33. The van der Waals surface area contributed by atoms with Crippen LogP contribution in [0.5, 0.6) is 0 Å². The van der Waals surface area contributed by atoms with Crippen LogP contribution >= 0.6 is 0 Å². The highest BCUT2D eigenvalue weighted by atomic mass is 32.2. The Morgan fingerprint density at radius 3 is 2.64 bits per heavy atom. The van der Waals surface area contributed by atoms with E-state index in [0.717, 1.165) is 6.42 Å².